The minimum Gasteiger partial charge on any atom is -0.349 e. The monoisotopic (exact) mass is 431 g/mol. The third-order valence-electron chi connectivity index (χ3n) is 6.49. The molecule has 4 rings (SSSR count). The highest BCUT2D eigenvalue weighted by Gasteiger charge is 2.20. The number of aryl methyl sites for hydroxylation is 1. The maximum Gasteiger partial charge on any atom is 0.223 e. The van der Waals surface area contributed by atoms with Crippen LogP contribution < -0.4 is 5.32 Å². The molecule has 6 heteroatoms. The third-order valence-corrected chi connectivity index (χ3v) is 6.49. The number of amides is 1. The van der Waals surface area contributed by atoms with Crippen LogP contribution in [0.2, 0.25) is 0 Å². The number of hydrogen-bond donors (Lipinski definition) is 1. The van der Waals surface area contributed by atoms with E-state index in [0.717, 1.165) is 50.7 Å². The van der Waals surface area contributed by atoms with Gasteiger partial charge in [0.15, 0.2) is 5.82 Å². The molecule has 0 spiro atoms. The van der Waals surface area contributed by atoms with Gasteiger partial charge < -0.3 is 9.88 Å². The van der Waals surface area contributed by atoms with Crippen LogP contribution in [-0.4, -0.2) is 38.7 Å². The van der Waals surface area contributed by atoms with Crippen molar-refractivity contribution in [2.24, 2.45) is 5.92 Å². The van der Waals surface area contributed by atoms with Crippen LogP contribution in [0.25, 0.3) is 11.1 Å². The first kappa shape index (κ1) is 22.2. The number of aromatic nitrogens is 3. The summed E-state index contributed by atoms with van der Waals surface area (Å²) in [5.41, 5.74) is 5.17. The molecule has 1 N–H and O–H groups in total. The highest BCUT2D eigenvalue weighted by atomic mass is 16.1. The van der Waals surface area contributed by atoms with Crippen molar-refractivity contribution in [2.45, 2.75) is 53.2 Å². The number of carbonyl (C=O) groups excluding carboxylic acids is 1. The minimum absolute atomic E-state index is 0.0224. The van der Waals surface area contributed by atoms with Gasteiger partial charge in [0.2, 0.25) is 5.91 Å². The quantitative estimate of drug-likeness (QED) is 0.615. The zero-order valence-corrected chi connectivity index (χ0v) is 19.3. The summed E-state index contributed by atoms with van der Waals surface area (Å²) in [7, 11) is 0. The molecule has 0 fully saturated rings. The standard InChI is InChI=1S/C26H33N5O/c1-4-19(2)26(32)27-17-25-29-28-24-13-14-30(15-16-31(24)25)18-21-9-11-22(12-10-21)23-8-6-5-7-20(23)3/h5-12,19H,4,13-18H2,1-3H3,(H,27,32)/t19-/m0/s1. The number of rotatable bonds is 7. The summed E-state index contributed by atoms with van der Waals surface area (Å²) in [6.07, 6.45) is 1.71. The molecule has 1 atom stereocenters. The molecule has 32 heavy (non-hydrogen) atoms. The molecule has 1 aliphatic rings. The Morgan fingerprint density at radius 3 is 2.59 bits per heavy atom. The molecule has 0 saturated carbocycles. The van der Waals surface area contributed by atoms with Crippen LogP contribution in [0.4, 0.5) is 0 Å². The van der Waals surface area contributed by atoms with Crippen LogP contribution in [0.5, 0.6) is 0 Å². The topological polar surface area (TPSA) is 63.1 Å². The maximum atomic E-state index is 12.1. The van der Waals surface area contributed by atoms with Crippen LogP contribution in [0, 0.1) is 12.8 Å². The second kappa shape index (κ2) is 10.1. The van der Waals surface area contributed by atoms with Crippen molar-refractivity contribution in [3.8, 4) is 11.1 Å². The summed E-state index contributed by atoms with van der Waals surface area (Å²) >= 11 is 0. The Morgan fingerprint density at radius 1 is 1.06 bits per heavy atom. The van der Waals surface area contributed by atoms with Crippen molar-refractivity contribution in [3.63, 3.8) is 0 Å². The molecule has 1 aliphatic heterocycles. The van der Waals surface area contributed by atoms with Crippen molar-refractivity contribution < 1.29 is 4.79 Å². The molecule has 2 aromatic carbocycles. The van der Waals surface area contributed by atoms with Crippen molar-refractivity contribution in [1.82, 2.24) is 25.0 Å². The van der Waals surface area contributed by atoms with E-state index in [1.807, 2.05) is 13.8 Å². The lowest BCUT2D eigenvalue weighted by molar-refractivity contribution is -0.124. The summed E-state index contributed by atoms with van der Waals surface area (Å²) in [6.45, 7) is 10.2. The maximum absolute atomic E-state index is 12.1. The largest absolute Gasteiger partial charge is 0.349 e. The Balaban J connectivity index is 1.36. The average molecular weight is 432 g/mol. The van der Waals surface area contributed by atoms with Gasteiger partial charge in [-0.1, -0.05) is 62.4 Å². The van der Waals surface area contributed by atoms with Gasteiger partial charge in [0, 0.05) is 38.5 Å². The van der Waals surface area contributed by atoms with Crippen molar-refractivity contribution >= 4 is 5.91 Å². The van der Waals surface area contributed by atoms with Gasteiger partial charge in [-0.15, -0.1) is 10.2 Å². The van der Waals surface area contributed by atoms with Crippen molar-refractivity contribution in [1.29, 1.82) is 0 Å². The van der Waals surface area contributed by atoms with E-state index >= 15 is 0 Å². The molecule has 0 saturated heterocycles. The van der Waals surface area contributed by atoms with Crippen LogP contribution in [-0.2, 0) is 30.8 Å². The van der Waals surface area contributed by atoms with E-state index in [1.165, 1.54) is 22.3 Å². The molecule has 0 radical (unpaired) electrons. The Morgan fingerprint density at radius 2 is 1.84 bits per heavy atom. The normalized spacial score (nSPS) is 15.1. The molecule has 0 unspecified atom stereocenters. The number of hydrogen-bond acceptors (Lipinski definition) is 4. The summed E-state index contributed by atoms with van der Waals surface area (Å²) < 4.78 is 2.18. The molecular weight excluding hydrogens is 398 g/mol. The number of nitrogens with one attached hydrogen (secondary N) is 1. The van der Waals surface area contributed by atoms with E-state index in [0.29, 0.717) is 6.54 Å². The molecule has 6 nitrogen and oxygen atoms in total. The smallest absolute Gasteiger partial charge is 0.223 e. The summed E-state index contributed by atoms with van der Waals surface area (Å²) in [5, 5.41) is 11.7. The Labute approximate surface area is 190 Å². The fraction of sp³-hybridized carbons (Fsp3) is 0.423. The van der Waals surface area contributed by atoms with E-state index in [-0.39, 0.29) is 11.8 Å². The molecule has 1 amide bonds. The second-order valence-corrected chi connectivity index (χ2v) is 8.75. The number of benzene rings is 2. The Kier molecular flexibility index (Phi) is 7.00. The summed E-state index contributed by atoms with van der Waals surface area (Å²) in [4.78, 5) is 14.6. The second-order valence-electron chi connectivity index (χ2n) is 8.75. The van der Waals surface area contributed by atoms with Crippen LogP contribution in [0.1, 0.15) is 43.0 Å². The average Bonchev–Trinajstić information content (AvgIpc) is 3.10. The highest BCUT2D eigenvalue weighted by Crippen LogP contribution is 2.24. The van der Waals surface area contributed by atoms with E-state index < -0.39 is 0 Å². The first-order chi connectivity index (χ1) is 15.5. The van der Waals surface area contributed by atoms with Crippen LogP contribution in [0.15, 0.2) is 48.5 Å². The van der Waals surface area contributed by atoms with Gasteiger partial charge in [-0.25, -0.2) is 0 Å². The number of nitrogens with zero attached hydrogens (tertiary/aromatic N) is 4. The SMILES string of the molecule is CC[C@H](C)C(=O)NCc1nnc2n1CCN(Cc1ccc(-c3ccccc3C)cc1)CC2. The lowest BCUT2D eigenvalue weighted by atomic mass is 9.99. The number of fused-ring (bicyclic) bond motifs is 1. The summed E-state index contributed by atoms with van der Waals surface area (Å²) in [6, 6.07) is 17.4. The molecule has 0 aliphatic carbocycles. The third kappa shape index (κ3) is 5.07. The first-order valence-electron chi connectivity index (χ1n) is 11.6. The fourth-order valence-corrected chi connectivity index (χ4v) is 4.19. The fourth-order valence-electron chi connectivity index (χ4n) is 4.19. The van der Waals surface area contributed by atoms with Gasteiger partial charge in [-0.2, -0.15) is 0 Å². The van der Waals surface area contributed by atoms with Crippen molar-refractivity contribution in [2.75, 3.05) is 13.1 Å². The Hall–Kier alpha value is -2.99. The molecule has 2 heterocycles. The molecule has 0 bridgehead atoms. The van der Waals surface area contributed by atoms with Crippen LogP contribution in [0.3, 0.4) is 0 Å². The van der Waals surface area contributed by atoms with Gasteiger partial charge in [0.1, 0.15) is 5.82 Å². The Bertz CT molecular complexity index is 1060. The van der Waals surface area contributed by atoms with Gasteiger partial charge in [-0.3, -0.25) is 9.69 Å². The minimum atomic E-state index is 0.0224. The van der Waals surface area contributed by atoms with E-state index in [1.54, 1.807) is 0 Å². The van der Waals surface area contributed by atoms with Gasteiger partial charge in [0.25, 0.3) is 0 Å². The van der Waals surface area contributed by atoms with E-state index in [2.05, 4.69) is 80.4 Å². The predicted molar refractivity (Wildman–Crippen MR) is 127 cm³/mol. The van der Waals surface area contributed by atoms with Gasteiger partial charge in [-0.05, 0) is 35.6 Å². The lowest BCUT2D eigenvalue weighted by Gasteiger charge is -2.20. The first-order valence-corrected chi connectivity index (χ1v) is 11.6. The zero-order valence-electron chi connectivity index (χ0n) is 19.3. The van der Waals surface area contributed by atoms with E-state index in [9.17, 15) is 4.79 Å². The van der Waals surface area contributed by atoms with Gasteiger partial charge >= 0.3 is 0 Å². The van der Waals surface area contributed by atoms with E-state index in [4.69, 9.17) is 0 Å². The molecule has 168 valence electrons. The highest BCUT2D eigenvalue weighted by molar-refractivity contribution is 5.78. The number of carbonyl (C=O) groups is 1. The lowest BCUT2D eigenvalue weighted by Crippen LogP contribution is -2.30. The van der Waals surface area contributed by atoms with Crippen molar-refractivity contribution in [3.05, 3.63) is 71.3 Å². The predicted octanol–water partition coefficient (Wildman–Crippen LogP) is 3.97. The van der Waals surface area contributed by atoms with Gasteiger partial charge in [0.05, 0.1) is 6.54 Å². The molecular formula is C26H33N5O. The van der Waals surface area contributed by atoms with Crippen LogP contribution >= 0.6 is 0 Å². The molecule has 3 aromatic rings. The zero-order chi connectivity index (χ0) is 22.5. The molecule has 1 aromatic heterocycles. The summed E-state index contributed by atoms with van der Waals surface area (Å²) in [5.74, 6) is 1.96.